The molecule has 0 radical (unpaired) electrons. The Labute approximate surface area is 357 Å². The number of pyridine rings is 1. The summed E-state index contributed by atoms with van der Waals surface area (Å²) in [7, 11) is -4.30. The molecule has 1 aliphatic heterocycles. The van der Waals surface area contributed by atoms with Crippen LogP contribution in [0.15, 0.2) is 156 Å². The highest BCUT2D eigenvalue weighted by molar-refractivity contribution is 7.99. The van der Waals surface area contributed by atoms with Crippen molar-refractivity contribution in [2.75, 3.05) is 46.9 Å². The highest BCUT2D eigenvalue weighted by Crippen LogP contribution is 2.33. The van der Waals surface area contributed by atoms with Gasteiger partial charge < -0.3 is 10.2 Å². The number of piperazine rings is 1. The molecule has 3 heterocycles. The quantitative estimate of drug-likeness (QED) is 0.0578. The summed E-state index contributed by atoms with van der Waals surface area (Å²) in [6.07, 6.45) is 5.31. The van der Waals surface area contributed by atoms with Crippen LogP contribution in [-0.4, -0.2) is 71.2 Å². The van der Waals surface area contributed by atoms with Crippen LogP contribution in [0.4, 0.5) is 22.9 Å². The number of rotatable bonds is 15. The Morgan fingerprint density at radius 2 is 1.63 bits per heavy atom. The van der Waals surface area contributed by atoms with Crippen LogP contribution < -0.4 is 14.9 Å². The van der Waals surface area contributed by atoms with Crippen molar-refractivity contribution in [1.29, 1.82) is 0 Å². The van der Waals surface area contributed by atoms with E-state index >= 15 is 0 Å². The fourth-order valence-corrected chi connectivity index (χ4v) is 9.54. The maximum Gasteiger partial charge on any atom is 0.293 e. The second-order valence-corrected chi connectivity index (χ2v) is 17.6. The largest absolute Gasteiger partial charge is 0.376 e. The standard InChI is InChI=1S/C45H41ClN8O4S2/c46-35-13-16-40(33-9-3-1-4-10-33)34(25-35)29-52-20-22-53(23-21-52)37-14-17-41-43(26-37)48-31-49-45(41)51-60(57,58)39-15-18-42(44(27-39)54(55)56)50-36(24-32-8-7-19-47-28-32)30-59-38-11-5-2-6-12-38/h1-19,25-28,31,36,50H,20-24,29-30H2,(H,48,49,51)/t36-/m0/s1. The van der Waals surface area contributed by atoms with Gasteiger partial charge in [0.25, 0.3) is 15.7 Å². The van der Waals surface area contributed by atoms with Crippen LogP contribution in [0.3, 0.4) is 0 Å². The van der Waals surface area contributed by atoms with Crippen molar-refractivity contribution in [2.24, 2.45) is 0 Å². The topological polar surface area (TPSA) is 146 Å². The lowest BCUT2D eigenvalue weighted by molar-refractivity contribution is -0.384. The van der Waals surface area contributed by atoms with Crippen LogP contribution in [0, 0.1) is 10.1 Å². The molecule has 304 valence electrons. The van der Waals surface area contributed by atoms with Crippen molar-refractivity contribution in [2.45, 2.75) is 28.8 Å². The summed E-state index contributed by atoms with van der Waals surface area (Å²) in [6.45, 7) is 4.03. The number of nitro groups is 1. The molecule has 7 aromatic rings. The first-order chi connectivity index (χ1) is 29.2. The van der Waals surface area contributed by atoms with Crippen molar-refractivity contribution in [3.63, 3.8) is 0 Å². The van der Waals surface area contributed by atoms with E-state index in [0.29, 0.717) is 28.1 Å². The molecule has 1 aliphatic rings. The lowest BCUT2D eigenvalue weighted by atomic mass is 9.99. The monoisotopic (exact) mass is 856 g/mol. The maximum atomic E-state index is 13.8. The molecule has 1 fully saturated rings. The molecule has 12 nitrogen and oxygen atoms in total. The predicted octanol–water partition coefficient (Wildman–Crippen LogP) is 9.19. The molecule has 8 rings (SSSR count). The van der Waals surface area contributed by atoms with Gasteiger partial charge in [-0.2, -0.15) is 0 Å². The van der Waals surface area contributed by atoms with Crippen molar-refractivity contribution in [3.05, 3.63) is 172 Å². The summed E-state index contributed by atoms with van der Waals surface area (Å²) in [5.41, 5.74) is 5.85. The van der Waals surface area contributed by atoms with Gasteiger partial charge in [0.1, 0.15) is 12.0 Å². The second kappa shape index (κ2) is 18.5. The molecule has 1 saturated heterocycles. The van der Waals surface area contributed by atoms with Crippen molar-refractivity contribution < 1.29 is 13.3 Å². The summed E-state index contributed by atoms with van der Waals surface area (Å²) in [6, 6.07) is 39.4. The Balaban J connectivity index is 0.954. The van der Waals surface area contributed by atoms with Crippen molar-refractivity contribution >= 4 is 67.2 Å². The Hall–Kier alpha value is -6.06. The van der Waals surface area contributed by atoms with E-state index in [2.05, 4.69) is 53.0 Å². The summed E-state index contributed by atoms with van der Waals surface area (Å²) in [5, 5.41) is 16.9. The first-order valence-electron chi connectivity index (χ1n) is 19.4. The SMILES string of the molecule is O=[N+]([O-])c1cc(S(=O)(=O)Nc2ncnc3cc(N4CCN(Cc5cc(Cl)ccc5-c5ccccc5)CC4)ccc23)ccc1N[C@H](CSc1ccccc1)Cc1cccnc1. The zero-order valence-corrected chi connectivity index (χ0v) is 34.8. The maximum absolute atomic E-state index is 13.8. The first-order valence-corrected chi connectivity index (χ1v) is 22.2. The Bertz CT molecular complexity index is 2710. The normalized spacial score (nSPS) is 13.8. The Kier molecular flexibility index (Phi) is 12.5. The predicted molar refractivity (Wildman–Crippen MR) is 240 cm³/mol. The number of nitrogens with one attached hydrogen (secondary N) is 2. The number of hydrogen-bond acceptors (Lipinski definition) is 11. The second-order valence-electron chi connectivity index (χ2n) is 14.4. The van der Waals surface area contributed by atoms with E-state index in [1.54, 1.807) is 30.2 Å². The number of hydrogen-bond donors (Lipinski definition) is 2. The zero-order valence-electron chi connectivity index (χ0n) is 32.4. The van der Waals surface area contributed by atoms with E-state index in [0.717, 1.165) is 60.5 Å². The van der Waals surface area contributed by atoms with Crippen LogP contribution in [0.2, 0.25) is 5.02 Å². The number of benzene rings is 5. The van der Waals surface area contributed by atoms with Crippen LogP contribution >= 0.6 is 23.4 Å². The molecule has 1 atom stereocenters. The highest BCUT2D eigenvalue weighted by atomic mass is 35.5. The average Bonchev–Trinajstić information content (AvgIpc) is 3.27. The molecule has 0 aliphatic carbocycles. The number of nitrogens with zero attached hydrogens (tertiary/aromatic N) is 6. The molecule has 15 heteroatoms. The van der Waals surface area contributed by atoms with Crippen LogP contribution in [0.25, 0.3) is 22.0 Å². The number of halogens is 1. The lowest BCUT2D eigenvalue weighted by Crippen LogP contribution is -2.46. The fraction of sp³-hybridized carbons (Fsp3) is 0.178. The van der Waals surface area contributed by atoms with E-state index in [4.69, 9.17) is 11.6 Å². The highest BCUT2D eigenvalue weighted by Gasteiger charge is 2.25. The Morgan fingerprint density at radius 1 is 0.850 bits per heavy atom. The van der Waals surface area contributed by atoms with Crippen LogP contribution in [0.5, 0.6) is 0 Å². The summed E-state index contributed by atoms with van der Waals surface area (Å²) >= 11 is 8.05. The third-order valence-electron chi connectivity index (χ3n) is 10.4. The number of aromatic nitrogens is 3. The molecule has 0 bridgehead atoms. The number of nitro benzene ring substituents is 1. The van der Waals surface area contributed by atoms with Gasteiger partial charge in [-0.15, -0.1) is 11.8 Å². The van der Waals surface area contributed by atoms with E-state index < -0.39 is 14.9 Å². The molecule has 5 aromatic carbocycles. The summed E-state index contributed by atoms with van der Waals surface area (Å²) in [5.74, 6) is 0.669. The van der Waals surface area contributed by atoms with Crippen molar-refractivity contribution in [1.82, 2.24) is 19.9 Å². The minimum Gasteiger partial charge on any atom is -0.376 e. The van der Waals surface area contributed by atoms with Gasteiger partial charge in [0.2, 0.25) is 0 Å². The lowest BCUT2D eigenvalue weighted by Gasteiger charge is -2.36. The summed E-state index contributed by atoms with van der Waals surface area (Å²) < 4.78 is 30.2. The number of fused-ring (bicyclic) bond motifs is 1. The van der Waals surface area contributed by atoms with E-state index in [1.807, 2.05) is 84.9 Å². The molecular weight excluding hydrogens is 816 g/mol. The third kappa shape index (κ3) is 9.86. The molecule has 2 N–H and O–H groups in total. The van der Waals surface area contributed by atoms with Gasteiger partial charge in [0.15, 0.2) is 5.82 Å². The third-order valence-corrected chi connectivity index (χ3v) is 13.1. The molecule has 0 saturated carbocycles. The van der Waals surface area contributed by atoms with Gasteiger partial charge in [-0.25, -0.2) is 18.4 Å². The summed E-state index contributed by atoms with van der Waals surface area (Å²) in [4.78, 5) is 30.3. The van der Waals surface area contributed by atoms with E-state index in [9.17, 15) is 18.5 Å². The van der Waals surface area contributed by atoms with Gasteiger partial charge in [-0.3, -0.25) is 24.7 Å². The Morgan fingerprint density at radius 3 is 2.38 bits per heavy atom. The molecule has 2 aromatic heterocycles. The zero-order chi connectivity index (χ0) is 41.5. The molecule has 0 spiro atoms. The average molecular weight is 857 g/mol. The number of sulfonamides is 1. The minimum absolute atomic E-state index is 0.0754. The van der Waals surface area contributed by atoms with Crippen LogP contribution in [-0.2, 0) is 23.0 Å². The molecule has 0 amide bonds. The van der Waals surface area contributed by atoms with Crippen LogP contribution in [0.1, 0.15) is 11.1 Å². The van der Waals surface area contributed by atoms with Gasteiger partial charge in [-0.1, -0.05) is 72.3 Å². The van der Waals surface area contributed by atoms with E-state index in [-0.39, 0.29) is 28.1 Å². The minimum atomic E-state index is -4.30. The smallest absolute Gasteiger partial charge is 0.293 e. The molecule has 0 unspecified atom stereocenters. The number of anilines is 3. The van der Waals surface area contributed by atoms with E-state index in [1.165, 1.54) is 29.6 Å². The first kappa shape index (κ1) is 40.7. The van der Waals surface area contributed by atoms with Crippen molar-refractivity contribution in [3.8, 4) is 11.1 Å². The van der Waals surface area contributed by atoms with Gasteiger partial charge in [-0.05, 0) is 89.3 Å². The van der Waals surface area contributed by atoms with Gasteiger partial charge in [0, 0.05) is 84.0 Å². The number of thioether (sulfide) groups is 1. The van der Waals surface area contributed by atoms with Gasteiger partial charge in [0.05, 0.1) is 15.3 Å². The fourth-order valence-electron chi connectivity index (χ4n) is 7.35. The molecule has 60 heavy (non-hydrogen) atoms. The van der Waals surface area contributed by atoms with Gasteiger partial charge >= 0.3 is 0 Å². The molecular formula is C45H41ClN8O4S2.